The van der Waals surface area contributed by atoms with Crippen LogP contribution in [0.1, 0.15) is 23.0 Å². The van der Waals surface area contributed by atoms with Crippen molar-refractivity contribution in [1.29, 1.82) is 0 Å². The zero-order chi connectivity index (χ0) is 17.2. The molecule has 3 nitrogen and oxygen atoms in total. The number of nitrogens with zero attached hydrogens (tertiary/aromatic N) is 1. The molecular weight excluding hydrogens is 310 g/mol. The van der Waals surface area contributed by atoms with Crippen LogP contribution in [-0.2, 0) is 9.59 Å². The molecule has 3 aromatic rings. The molecule has 2 atom stereocenters. The van der Waals surface area contributed by atoms with Crippen LogP contribution in [0.3, 0.4) is 0 Å². The van der Waals surface area contributed by atoms with Crippen molar-refractivity contribution in [2.75, 3.05) is 4.90 Å². The maximum atomic E-state index is 13.2. The molecule has 1 aliphatic rings. The van der Waals surface area contributed by atoms with Crippen LogP contribution in [0.2, 0.25) is 0 Å². The van der Waals surface area contributed by atoms with Gasteiger partial charge in [-0.1, -0.05) is 78.9 Å². The number of amides is 2. The maximum absolute atomic E-state index is 13.2. The molecule has 0 N–H and O–H groups in total. The topological polar surface area (TPSA) is 37.4 Å². The van der Waals surface area contributed by atoms with E-state index in [2.05, 4.69) is 0 Å². The Hall–Kier alpha value is -3.20. The van der Waals surface area contributed by atoms with Crippen LogP contribution < -0.4 is 4.90 Å². The van der Waals surface area contributed by atoms with E-state index in [4.69, 9.17) is 0 Å². The standard InChI is InChI=1S/C22H17NO2/c24-21-19(16-10-4-1-5-11-16)20(17-12-6-2-7-13-17)22(25)23(21)18-14-8-3-9-15-18/h1-15,19-20H. The van der Waals surface area contributed by atoms with Gasteiger partial charge in [-0.2, -0.15) is 0 Å². The fourth-order valence-corrected chi connectivity index (χ4v) is 3.49. The summed E-state index contributed by atoms with van der Waals surface area (Å²) in [6.45, 7) is 0. The number of hydrogen-bond donors (Lipinski definition) is 0. The van der Waals surface area contributed by atoms with Gasteiger partial charge in [-0.3, -0.25) is 9.59 Å². The molecule has 0 spiro atoms. The third kappa shape index (κ3) is 2.64. The van der Waals surface area contributed by atoms with Crippen molar-refractivity contribution in [2.24, 2.45) is 0 Å². The van der Waals surface area contributed by atoms with Gasteiger partial charge in [0.1, 0.15) is 0 Å². The van der Waals surface area contributed by atoms with E-state index in [-0.39, 0.29) is 11.8 Å². The number of benzene rings is 3. The summed E-state index contributed by atoms with van der Waals surface area (Å²) >= 11 is 0. The molecule has 1 aliphatic heterocycles. The Kier molecular flexibility index (Phi) is 3.90. The number of rotatable bonds is 3. The van der Waals surface area contributed by atoms with Gasteiger partial charge in [-0.05, 0) is 23.3 Å². The van der Waals surface area contributed by atoms with Gasteiger partial charge < -0.3 is 0 Å². The molecule has 3 aromatic carbocycles. The van der Waals surface area contributed by atoms with Crippen LogP contribution >= 0.6 is 0 Å². The largest absolute Gasteiger partial charge is 0.273 e. The highest BCUT2D eigenvalue weighted by atomic mass is 16.2. The average molecular weight is 327 g/mol. The van der Waals surface area contributed by atoms with E-state index < -0.39 is 11.8 Å². The zero-order valence-corrected chi connectivity index (χ0v) is 13.6. The Labute approximate surface area is 146 Å². The van der Waals surface area contributed by atoms with E-state index in [0.717, 1.165) is 11.1 Å². The van der Waals surface area contributed by atoms with E-state index in [1.807, 2.05) is 78.9 Å². The first-order valence-electron chi connectivity index (χ1n) is 8.30. The molecule has 3 heteroatoms. The summed E-state index contributed by atoms with van der Waals surface area (Å²) < 4.78 is 0. The lowest BCUT2D eigenvalue weighted by Gasteiger charge is -2.15. The summed E-state index contributed by atoms with van der Waals surface area (Å²) in [5, 5.41) is 0. The van der Waals surface area contributed by atoms with Gasteiger partial charge in [-0.15, -0.1) is 0 Å². The summed E-state index contributed by atoms with van der Waals surface area (Å²) in [6, 6.07) is 28.2. The van der Waals surface area contributed by atoms with E-state index in [9.17, 15) is 9.59 Å². The highest BCUT2D eigenvalue weighted by Gasteiger charge is 2.49. The molecule has 2 unspecified atom stereocenters. The first kappa shape index (κ1) is 15.3. The number of imide groups is 1. The Morgan fingerprint density at radius 3 is 1.28 bits per heavy atom. The first-order valence-corrected chi connectivity index (χ1v) is 8.30. The number of hydrogen-bond acceptors (Lipinski definition) is 2. The third-order valence-electron chi connectivity index (χ3n) is 4.64. The molecule has 25 heavy (non-hydrogen) atoms. The lowest BCUT2D eigenvalue weighted by atomic mass is 9.83. The van der Waals surface area contributed by atoms with Crippen molar-refractivity contribution < 1.29 is 9.59 Å². The summed E-state index contributed by atoms with van der Waals surface area (Å²) in [5.74, 6) is -1.35. The molecule has 0 radical (unpaired) electrons. The van der Waals surface area contributed by atoms with E-state index in [1.54, 1.807) is 12.1 Å². The van der Waals surface area contributed by atoms with Crippen LogP contribution in [0.5, 0.6) is 0 Å². The second-order valence-corrected chi connectivity index (χ2v) is 6.12. The van der Waals surface area contributed by atoms with Crippen LogP contribution in [-0.4, -0.2) is 11.8 Å². The third-order valence-corrected chi connectivity index (χ3v) is 4.64. The van der Waals surface area contributed by atoms with E-state index in [1.165, 1.54) is 4.90 Å². The number of carbonyl (C=O) groups excluding carboxylic acids is 2. The molecule has 1 heterocycles. The summed E-state index contributed by atoms with van der Waals surface area (Å²) in [5.41, 5.74) is 2.36. The van der Waals surface area contributed by atoms with Crippen molar-refractivity contribution in [3.05, 3.63) is 102 Å². The SMILES string of the molecule is O=C1C(c2ccccc2)C(c2ccccc2)C(=O)N1c1ccccc1. The average Bonchev–Trinajstić information content (AvgIpc) is 2.94. The van der Waals surface area contributed by atoms with Gasteiger partial charge >= 0.3 is 0 Å². The lowest BCUT2D eigenvalue weighted by Crippen LogP contribution is -2.30. The molecule has 4 rings (SSSR count). The molecule has 0 aliphatic carbocycles. The summed E-state index contributed by atoms with van der Waals surface area (Å²) in [6.07, 6.45) is 0. The fourth-order valence-electron chi connectivity index (χ4n) is 3.49. The predicted octanol–water partition coefficient (Wildman–Crippen LogP) is 4.13. The minimum absolute atomic E-state index is 0.170. The first-order chi connectivity index (χ1) is 12.3. The Morgan fingerprint density at radius 1 is 0.520 bits per heavy atom. The second-order valence-electron chi connectivity index (χ2n) is 6.12. The summed E-state index contributed by atoms with van der Waals surface area (Å²) in [7, 11) is 0. The Morgan fingerprint density at radius 2 is 0.880 bits per heavy atom. The predicted molar refractivity (Wildman–Crippen MR) is 97.3 cm³/mol. The minimum Gasteiger partial charge on any atom is -0.273 e. The molecular formula is C22H17NO2. The maximum Gasteiger partial charge on any atom is 0.242 e. The molecule has 0 aromatic heterocycles. The van der Waals surface area contributed by atoms with Crippen LogP contribution in [0.15, 0.2) is 91.0 Å². The van der Waals surface area contributed by atoms with Crippen LogP contribution in [0.25, 0.3) is 0 Å². The Balaban J connectivity index is 1.85. The van der Waals surface area contributed by atoms with Gasteiger partial charge in [0.2, 0.25) is 11.8 Å². The quantitative estimate of drug-likeness (QED) is 0.678. The normalized spacial score (nSPS) is 20.1. The van der Waals surface area contributed by atoms with Crippen LogP contribution in [0, 0.1) is 0 Å². The van der Waals surface area contributed by atoms with Gasteiger partial charge in [0.15, 0.2) is 0 Å². The lowest BCUT2D eigenvalue weighted by molar-refractivity contribution is -0.121. The molecule has 122 valence electrons. The molecule has 1 saturated heterocycles. The fraction of sp³-hybridized carbons (Fsp3) is 0.0909. The highest BCUT2D eigenvalue weighted by Crippen LogP contribution is 2.43. The molecule has 0 saturated carbocycles. The van der Waals surface area contributed by atoms with Crippen LogP contribution in [0.4, 0.5) is 5.69 Å². The molecule has 1 fully saturated rings. The van der Waals surface area contributed by atoms with Gasteiger partial charge in [0.25, 0.3) is 0 Å². The van der Waals surface area contributed by atoms with Gasteiger partial charge in [0.05, 0.1) is 17.5 Å². The summed E-state index contributed by atoms with van der Waals surface area (Å²) in [4.78, 5) is 27.7. The Bertz CT molecular complexity index is 834. The van der Waals surface area contributed by atoms with E-state index >= 15 is 0 Å². The second kappa shape index (κ2) is 6.36. The number of para-hydroxylation sites is 1. The van der Waals surface area contributed by atoms with Gasteiger partial charge in [0, 0.05) is 0 Å². The smallest absolute Gasteiger partial charge is 0.242 e. The molecule has 2 amide bonds. The van der Waals surface area contributed by atoms with Crippen molar-refractivity contribution in [3.63, 3.8) is 0 Å². The number of carbonyl (C=O) groups is 2. The van der Waals surface area contributed by atoms with Gasteiger partial charge in [-0.25, -0.2) is 4.90 Å². The molecule has 0 bridgehead atoms. The van der Waals surface area contributed by atoms with Crippen molar-refractivity contribution in [1.82, 2.24) is 0 Å². The van der Waals surface area contributed by atoms with E-state index in [0.29, 0.717) is 5.69 Å². The number of anilines is 1. The zero-order valence-electron chi connectivity index (χ0n) is 13.6. The minimum atomic E-state index is -0.503. The monoisotopic (exact) mass is 327 g/mol. The van der Waals surface area contributed by atoms with Crippen molar-refractivity contribution >= 4 is 17.5 Å². The highest BCUT2D eigenvalue weighted by molar-refractivity contribution is 6.25. The van der Waals surface area contributed by atoms with Crippen molar-refractivity contribution in [2.45, 2.75) is 11.8 Å². The van der Waals surface area contributed by atoms with Crippen molar-refractivity contribution in [3.8, 4) is 0 Å².